The fraction of sp³-hybridized carbons (Fsp3) is 0.700. The van der Waals surface area contributed by atoms with Crippen molar-refractivity contribution < 1.29 is 9.53 Å². The van der Waals surface area contributed by atoms with Gasteiger partial charge in [-0.3, -0.25) is 0 Å². The number of hydrogen-bond donors (Lipinski definition) is 2. The van der Waals surface area contributed by atoms with Crippen LogP contribution in [-0.4, -0.2) is 40.1 Å². The Morgan fingerprint density at radius 2 is 2.06 bits per heavy atom. The zero-order valence-corrected chi connectivity index (χ0v) is 9.70. The maximum Gasteiger partial charge on any atom is 0.361 e. The molecule has 88 valence electrons. The highest BCUT2D eigenvalue weighted by Gasteiger charge is 2.30. The van der Waals surface area contributed by atoms with Crippen molar-refractivity contribution in [1.82, 2.24) is 20.7 Å². The molecule has 6 nitrogen and oxygen atoms in total. The van der Waals surface area contributed by atoms with Crippen LogP contribution in [0.5, 0.6) is 0 Å². The third-order valence-electron chi connectivity index (χ3n) is 2.34. The van der Waals surface area contributed by atoms with E-state index in [1.807, 2.05) is 20.8 Å². The summed E-state index contributed by atoms with van der Waals surface area (Å²) in [6, 6.07) is 0. The molecule has 16 heavy (non-hydrogen) atoms. The van der Waals surface area contributed by atoms with Crippen molar-refractivity contribution in [1.29, 1.82) is 0 Å². The quantitative estimate of drug-likeness (QED) is 0.713. The Balaban J connectivity index is 2.14. The first-order valence-electron chi connectivity index (χ1n) is 5.32. The van der Waals surface area contributed by atoms with Crippen LogP contribution in [0.2, 0.25) is 0 Å². The van der Waals surface area contributed by atoms with E-state index in [2.05, 4.69) is 20.7 Å². The molecule has 0 radical (unpaired) electrons. The number of aromatic nitrogens is 3. The molecule has 1 aromatic heterocycles. The van der Waals surface area contributed by atoms with Crippen molar-refractivity contribution in [2.75, 3.05) is 13.1 Å². The summed E-state index contributed by atoms with van der Waals surface area (Å²) in [5.74, 6) is -0.149. The number of nitrogens with one attached hydrogen (secondary N) is 2. The average molecular weight is 224 g/mol. The fourth-order valence-electron chi connectivity index (χ4n) is 1.48. The van der Waals surface area contributed by atoms with E-state index >= 15 is 0 Å². The molecule has 1 fully saturated rings. The zero-order chi connectivity index (χ0) is 11.8. The maximum absolute atomic E-state index is 11.8. The van der Waals surface area contributed by atoms with Gasteiger partial charge in [0, 0.05) is 19.0 Å². The van der Waals surface area contributed by atoms with Crippen molar-refractivity contribution in [2.24, 2.45) is 0 Å². The third kappa shape index (κ3) is 2.21. The number of nitrogens with zero attached hydrogens (tertiary/aromatic N) is 2. The zero-order valence-electron chi connectivity index (χ0n) is 9.70. The van der Waals surface area contributed by atoms with E-state index in [1.54, 1.807) is 0 Å². The summed E-state index contributed by atoms with van der Waals surface area (Å²) in [7, 11) is 0. The number of H-pyrrole nitrogens is 1. The molecule has 0 aromatic carbocycles. The van der Waals surface area contributed by atoms with E-state index in [1.165, 1.54) is 0 Å². The molecular formula is C10H16N4O2. The van der Waals surface area contributed by atoms with Crippen molar-refractivity contribution >= 4 is 5.97 Å². The Kier molecular flexibility index (Phi) is 2.67. The minimum absolute atomic E-state index is 0.265. The number of carbonyl (C=O) groups excluding carboxylic acids is 1. The Labute approximate surface area is 93.8 Å². The smallest absolute Gasteiger partial charge is 0.361 e. The van der Waals surface area contributed by atoms with Gasteiger partial charge in [0.2, 0.25) is 0 Å². The van der Waals surface area contributed by atoms with Gasteiger partial charge >= 0.3 is 5.97 Å². The molecule has 0 amide bonds. The molecule has 0 unspecified atom stereocenters. The molecule has 6 heteroatoms. The Bertz CT molecular complexity index is 390. The molecule has 0 atom stereocenters. The number of carbonyl (C=O) groups is 1. The van der Waals surface area contributed by atoms with Gasteiger partial charge in [-0.25, -0.2) is 4.79 Å². The fourth-order valence-corrected chi connectivity index (χ4v) is 1.48. The summed E-state index contributed by atoms with van der Waals surface area (Å²) in [4.78, 5) is 11.8. The van der Waals surface area contributed by atoms with Gasteiger partial charge < -0.3 is 10.1 Å². The van der Waals surface area contributed by atoms with Gasteiger partial charge in [-0.15, -0.1) is 5.10 Å². The van der Waals surface area contributed by atoms with E-state index < -0.39 is 11.6 Å². The van der Waals surface area contributed by atoms with Gasteiger partial charge in [0.15, 0.2) is 5.69 Å². The molecular weight excluding hydrogens is 208 g/mol. The summed E-state index contributed by atoms with van der Waals surface area (Å²) in [6.07, 6.45) is 0. The molecule has 1 aromatic rings. The number of ether oxygens (including phenoxy) is 1. The average Bonchev–Trinajstić information content (AvgIpc) is 2.45. The number of rotatable bonds is 2. The van der Waals surface area contributed by atoms with E-state index in [9.17, 15) is 4.79 Å². The lowest BCUT2D eigenvalue weighted by Gasteiger charge is -2.26. The molecule has 0 spiro atoms. The molecule has 2 rings (SSSR count). The standard InChI is InChI=1S/C10H16N4O2/c1-10(2,3)16-9(15)8-7(12-14-13-8)6-4-11-5-6/h6,11H,4-5H2,1-3H3,(H,12,13,14). The van der Waals surface area contributed by atoms with Gasteiger partial charge in [-0.1, -0.05) is 0 Å². The lowest BCUT2D eigenvalue weighted by atomic mass is 9.98. The Morgan fingerprint density at radius 1 is 1.38 bits per heavy atom. The van der Waals surface area contributed by atoms with E-state index in [0.717, 1.165) is 13.1 Å². The third-order valence-corrected chi connectivity index (χ3v) is 2.34. The van der Waals surface area contributed by atoms with E-state index in [4.69, 9.17) is 4.74 Å². The minimum atomic E-state index is -0.509. The second kappa shape index (κ2) is 3.86. The second-order valence-electron chi connectivity index (χ2n) is 4.91. The van der Waals surface area contributed by atoms with Crippen LogP contribution in [0.1, 0.15) is 42.9 Å². The Morgan fingerprint density at radius 3 is 2.56 bits per heavy atom. The highest BCUT2D eigenvalue weighted by molar-refractivity contribution is 5.88. The molecule has 2 heterocycles. The van der Waals surface area contributed by atoms with Crippen LogP contribution in [-0.2, 0) is 4.74 Å². The van der Waals surface area contributed by atoms with Crippen LogP contribution in [0.4, 0.5) is 0 Å². The van der Waals surface area contributed by atoms with Gasteiger partial charge in [0.05, 0.1) is 0 Å². The van der Waals surface area contributed by atoms with Crippen molar-refractivity contribution in [3.63, 3.8) is 0 Å². The van der Waals surface area contributed by atoms with Crippen molar-refractivity contribution in [3.05, 3.63) is 11.4 Å². The molecule has 0 saturated carbocycles. The summed E-state index contributed by atoms with van der Waals surface area (Å²) in [6.45, 7) is 7.16. The minimum Gasteiger partial charge on any atom is -0.455 e. The predicted octanol–water partition coefficient (Wildman–Crippen LogP) is 0.447. The van der Waals surface area contributed by atoms with E-state index in [-0.39, 0.29) is 5.92 Å². The van der Waals surface area contributed by atoms with Gasteiger partial charge in [-0.2, -0.15) is 10.3 Å². The molecule has 0 bridgehead atoms. The van der Waals surface area contributed by atoms with Crippen molar-refractivity contribution in [3.8, 4) is 0 Å². The lowest BCUT2D eigenvalue weighted by molar-refractivity contribution is 0.00606. The lowest BCUT2D eigenvalue weighted by Crippen LogP contribution is -2.41. The summed E-state index contributed by atoms with van der Waals surface area (Å²) in [5.41, 5.74) is 0.500. The van der Waals surface area contributed by atoms with Crippen LogP contribution in [0.3, 0.4) is 0 Å². The first-order chi connectivity index (χ1) is 7.47. The van der Waals surface area contributed by atoms with Crippen LogP contribution in [0, 0.1) is 0 Å². The number of aromatic amines is 1. The van der Waals surface area contributed by atoms with Crippen molar-refractivity contribution in [2.45, 2.75) is 32.3 Å². The first-order valence-corrected chi connectivity index (χ1v) is 5.32. The highest BCUT2D eigenvalue weighted by atomic mass is 16.6. The van der Waals surface area contributed by atoms with Crippen LogP contribution >= 0.6 is 0 Å². The van der Waals surface area contributed by atoms with Crippen LogP contribution in [0.25, 0.3) is 0 Å². The van der Waals surface area contributed by atoms with Gasteiger partial charge in [-0.05, 0) is 20.8 Å². The summed E-state index contributed by atoms with van der Waals surface area (Å²) >= 11 is 0. The van der Waals surface area contributed by atoms with Gasteiger partial charge in [0.25, 0.3) is 0 Å². The molecule has 0 aliphatic carbocycles. The molecule has 1 aliphatic heterocycles. The summed E-state index contributed by atoms with van der Waals surface area (Å²) < 4.78 is 5.26. The number of esters is 1. The second-order valence-corrected chi connectivity index (χ2v) is 4.91. The normalized spacial score (nSPS) is 16.9. The topological polar surface area (TPSA) is 79.9 Å². The predicted molar refractivity (Wildman–Crippen MR) is 57.2 cm³/mol. The van der Waals surface area contributed by atoms with Crippen LogP contribution in [0.15, 0.2) is 0 Å². The highest BCUT2D eigenvalue weighted by Crippen LogP contribution is 2.21. The van der Waals surface area contributed by atoms with Crippen LogP contribution < -0.4 is 5.32 Å². The molecule has 2 N–H and O–H groups in total. The molecule has 1 saturated heterocycles. The molecule has 1 aliphatic rings. The number of hydrogen-bond acceptors (Lipinski definition) is 5. The SMILES string of the molecule is CC(C)(C)OC(=O)c1n[nH]nc1C1CNC1. The maximum atomic E-state index is 11.8. The van der Waals surface area contributed by atoms with Gasteiger partial charge in [0.1, 0.15) is 11.3 Å². The first kappa shape index (κ1) is 11.1. The monoisotopic (exact) mass is 224 g/mol. The largest absolute Gasteiger partial charge is 0.455 e. The Hall–Kier alpha value is -1.43. The summed E-state index contributed by atoms with van der Waals surface area (Å²) in [5, 5.41) is 13.5. The van der Waals surface area contributed by atoms with E-state index in [0.29, 0.717) is 11.4 Å².